The van der Waals surface area contributed by atoms with Crippen molar-refractivity contribution in [3.8, 4) is 0 Å². The Morgan fingerprint density at radius 1 is 1.52 bits per heavy atom. The van der Waals surface area contributed by atoms with Gasteiger partial charge in [-0.3, -0.25) is 4.79 Å². The average molecular weight is 310 g/mol. The van der Waals surface area contributed by atoms with E-state index in [1.54, 1.807) is 17.0 Å². The predicted molar refractivity (Wildman–Crippen MR) is 88.2 cm³/mol. The Morgan fingerprint density at radius 2 is 2.29 bits per heavy atom. The Morgan fingerprint density at radius 3 is 2.90 bits per heavy atom. The Balaban J connectivity index is 2.12. The summed E-state index contributed by atoms with van der Waals surface area (Å²) in [7, 11) is 3.99. The number of anilines is 1. The van der Waals surface area contributed by atoms with E-state index in [-0.39, 0.29) is 5.91 Å². The second kappa shape index (κ2) is 7.14. The molecule has 5 heteroatoms. The molecule has 1 aliphatic rings. The van der Waals surface area contributed by atoms with E-state index < -0.39 is 0 Å². The van der Waals surface area contributed by atoms with Crippen LogP contribution in [0.25, 0.3) is 0 Å². The van der Waals surface area contributed by atoms with Crippen molar-refractivity contribution in [2.24, 2.45) is 0 Å². The highest BCUT2D eigenvalue weighted by Crippen LogP contribution is 2.23. The molecule has 0 radical (unpaired) electrons. The summed E-state index contributed by atoms with van der Waals surface area (Å²) < 4.78 is 0. The molecule has 1 N–H and O–H groups in total. The summed E-state index contributed by atoms with van der Waals surface area (Å²) >= 11 is 6.05. The fourth-order valence-corrected chi connectivity index (χ4v) is 3.02. The Bertz CT molecular complexity index is 506. The Hall–Kier alpha value is -1.26. The predicted octanol–water partition coefficient (Wildman–Crippen LogP) is 2.94. The number of halogens is 1. The van der Waals surface area contributed by atoms with Crippen molar-refractivity contribution in [1.29, 1.82) is 0 Å². The second-order valence-corrected chi connectivity index (χ2v) is 6.12. The van der Waals surface area contributed by atoms with Gasteiger partial charge in [0.25, 0.3) is 5.91 Å². The average Bonchev–Trinajstić information content (AvgIpc) is 2.85. The van der Waals surface area contributed by atoms with Crippen LogP contribution in [-0.4, -0.2) is 55.5 Å². The number of rotatable bonds is 5. The number of nitrogens with zero attached hydrogens (tertiary/aromatic N) is 2. The van der Waals surface area contributed by atoms with Gasteiger partial charge in [0.2, 0.25) is 0 Å². The Labute approximate surface area is 132 Å². The quantitative estimate of drug-likeness (QED) is 0.908. The standard InChI is InChI=1S/C16H24ClN3O/c1-4-18-15-8-7-12(17)10-14(15)16(21)20(3)11-13-6-5-9-19(13)2/h7-8,10,13,18H,4-6,9,11H2,1-3H3. The first-order valence-corrected chi connectivity index (χ1v) is 7.89. The highest BCUT2D eigenvalue weighted by atomic mass is 35.5. The van der Waals surface area contributed by atoms with Gasteiger partial charge in [0.1, 0.15) is 0 Å². The van der Waals surface area contributed by atoms with E-state index in [2.05, 4.69) is 17.3 Å². The van der Waals surface area contributed by atoms with Gasteiger partial charge in [-0.1, -0.05) is 11.6 Å². The van der Waals surface area contributed by atoms with Crippen LogP contribution >= 0.6 is 11.6 Å². The first-order chi connectivity index (χ1) is 10.0. The molecule has 0 spiro atoms. The molecule has 1 unspecified atom stereocenters. The molecule has 21 heavy (non-hydrogen) atoms. The molecule has 0 saturated carbocycles. The lowest BCUT2D eigenvalue weighted by atomic mass is 10.1. The topological polar surface area (TPSA) is 35.6 Å². The second-order valence-electron chi connectivity index (χ2n) is 5.68. The highest BCUT2D eigenvalue weighted by Gasteiger charge is 2.25. The van der Waals surface area contributed by atoms with E-state index in [0.717, 1.165) is 31.7 Å². The lowest BCUT2D eigenvalue weighted by Crippen LogP contribution is -2.39. The lowest BCUT2D eigenvalue weighted by Gasteiger charge is -2.26. The number of hydrogen-bond acceptors (Lipinski definition) is 3. The third kappa shape index (κ3) is 3.89. The van der Waals surface area contributed by atoms with E-state index in [4.69, 9.17) is 11.6 Å². The smallest absolute Gasteiger partial charge is 0.255 e. The number of carbonyl (C=O) groups is 1. The van der Waals surface area contributed by atoms with Crippen molar-refractivity contribution in [2.45, 2.75) is 25.8 Å². The van der Waals surface area contributed by atoms with Crippen LogP contribution in [0.3, 0.4) is 0 Å². The third-order valence-electron chi connectivity index (χ3n) is 4.08. The van der Waals surface area contributed by atoms with E-state index in [0.29, 0.717) is 16.6 Å². The van der Waals surface area contributed by atoms with Crippen LogP contribution < -0.4 is 5.32 Å². The summed E-state index contributed by atoms with van der Waals surface area (Å²) in [5.74, 6) is 0.0220. The molecule has 1 heterocycles. The van der Waals surface area contributed by atoms with Crippen molar-refractivity contribution < 1.29 is 4.79 Å². The van der Waals surface area contributed by atoms with Crippen molar-refractivity contribution in [1.82, 2.24) is 9.80 Å². The van der Waals surface area contributed by atoms with Gasteiger partial charge in [0, 0.05) is 36.9 Å². The zero-order valence-electron chi connectivity index (χ0n) is 13.0. The molecule has 4 nitrogen and oxygen atoms in total. The van der Waals surface area contributed by atoms with Crippen molar-refractivity contribution in [3.63, 3.8) is 0 Å². The Kier molecular flexibility index (Phi) is 5.48. The third-order valence-corrected chi connectivity index (χ3v) is 4.32. The van der Waals surface area contributed by atoms with Crippen molar-refractivity contribution in [2.75, 3.05) is 39.0 Å². The SMILES string of the molecule is CCNc1ccc(Cl)cc1C(=O)N(C)CC1CCCN1C. The molecule has 1 atom stereocenters. The number of nitrogens with one attached hydrogen (secondary N) is 1. The largest absolute Gasteiger partial charge is 0.385 e. The van der Waals surface area contributed by atoms with Crippen molar-refractivity contribution in [3.05, 3.63) is 28.8 Å². The monoisotopic (exact) mass is 309 g/mol. The first-order valence-electron chi connectivity index (χ1n) is 7.52. The summed E-state index contributed by atoms with van der Waals surface area (Å²) in [6.07, 6.45) is 2.37. The first kappa shape index (κ1) is 16.1. The maximum Gasteiger partial charge on any atom is 0.255 e. The normalized spacial score (nSPS) is 18.8. The minimum Gasteiger partial charge on any atom is -0.385 e. The maximum atomic E-state index is 12.7. The number of likely N-dealkylation sites (tertiary alicyclic amines) is 1. The molecule has 0 aliphatic carbocycles. The summed E-state index contributed by atoms with van der Waals surface area (Å²) in [6, 6.07) is 5.88. The van der Waals surface area contributed by atoms with Crippen LogP contribution in [0, 0.1) is 0 Å². The van der Waals surface area contributed by atoms with Crippen LogP contribution in [-0.2, 0) is 0 Å². The minimum absolute atomic E-state index is 0.0220. The molecular weight excluding hydrogens is 286 g/mol. The van der Waals surface area contributed by atoms with Crippen LogP contribution in [0.15, 0.2) is 18.2 Å². The molecule has 1 fully saturated rings. The summed E-state index contributed by atoms with van der Waals surface area (Å²) in [5, 5.41) is 3.81. The molecule has 0 bridgehead atoms. The van der Waals surface area contributed by atoms with E-state index in [1.165, 1.54) is 6.42 Å². The highest BCUT2D eigenvalue weighted by molar-refractivity contribution is 6.31. The summed E-state index contributed by atoms with van der Waals surface area (Å²) in [5.41, 5.74) is 1.49. The minimum atomic E-state index is 0.0220. The summed E-state index contributed by atoms with van der Waals surface area (Å²) in [6.45, 7) is 4.66. The maximum absolute atomic E-state index is 12.7. The molecule has 1 aromatic carbocycles. The number of benzene rings is 1. The van der Waals surface area contributed by atoms with E-state index >= 15 is 0 Å². The van der Waals surface area contributed by atoms with Gasteiger partial charge in [-0.15, -0.1) is 0 Å². The van der Waals surface area contributed by atoms with Gasteiger partial charge in [0.05, 0.1) is 5.56 Å². The molecular formula is C16H24ClN3O. The van der Waals surface area contributed by atoms with Crippen LogP contribution in [0.2, 0.25) is 5.02 Å². The molecule has 1 amide bonds. The summed E-state index contributed by atoms with van der Waals surface area (Å²) in [4.78, 5) is 16.8. The zero-order chi connectivity index (χ0) is 15.4. The van der Waals surface area contributed by atoms with Gasteiger partial charge >= 0.3 is 0 Å². The van der Waals surface area contributed by atoms with Crippen molar-refractivity contribution >= 4 is 23.2 Å². The fourth-order valence-electron chi connectivity index (χ4n) is 2.85. The molecule has 1 aliphatic heterocycles. The van der Waals surface area contributed by atoms with Gasteiger partial charge in [-0.25, -0.2) is 0 Å². The molecule has 2 rings (SSSR count). The van der Waals surface area contributed by atoms with Gasteiger partial charge < -0.3 is 15.1 Å². The van der Waals surface area contributed by atoms with E-state index in [9.17, 15) is 4.79 Å². The van der Waals surface area contributed by atoms with Crippen LogP contribution in [0.5, 0.6) is 0 Å². The number of likely N-dealkylation sites (N-methyl/N-ethyl adjacent to an activating group) is 2. The number of amides is 1. The molecule has 1 saturated heterocycles. The number of hydrogen-bond donors (Lipinski definition) is 1. The van der Waals surface area contributed by atoms with Crippen LogP contribution in [0.4, 0.5) is 5.69 Å². The zero-order valence-corrected chi connectivity index (χ0v) is 13.8. The molecule has 0 aromatic heterocycles. The fraction of sp³-hybridized carbons (Fsp3) is 0.562. The molecule has 1 aromatic rings. The van der Waals surface area contributed by atoms with Gasteiger partial charge in [-0.2, -0.15) is 0 Å². The van der Waals surface area contributed by atoms with E-state index in [1.807, 2.05) is 20.0 Å². The van der Waals surface area contributed by atoms with Gasteiger partial charge in [-0.05, 0) is 51.6 Å². The molecule has 116 valence electrons. The van der Waals surface area contributed by atoms with Crippen LogP contribution in [0.1, 0.15) is 30.1 Å². The van der Waals surface area contributed by atoms with Gasteiger partial charge in [0.15, 0.2) is 0 Å². The number of carbonyl (C=O) groups excluding carboxylic acids is 1. The lowest BCUT2D eigenvalue weighted by molar-refractivity contribution is 0.0762.